The van der Waals surface area contributed by atoms with Crippen LogP contribution in [0.4, 0.5) is 23.1 Å². The fraction of sp³-hybridized carbons (Fsp3) is 0.167. The highest BCUT2D eigenvalue weighted by atomic mass is 32.1. The van der Waals surface area contributed by atoms with Crippen LogP contribution in [-0.4, -0.2) is 23.9 Å². The zero-order valence-corrected chi connectivity index (χ0v) is 10.8. The Morgan fingerprint density at radius 3 is 2.65 bits per heavy atom. The third-order valence-electron chi connectivity index (χ3n) is 2.15. The average molecular weight is 302 g/mol. The van der Waals surface area contributed by atoms with Crippen molar-refractivity contribution in [2.75, 3.05) is 11.9 Å². The highest BCUT2D eigenvalue weighted by Crippen LogP contribution is 2.24. The van der Waals surface area contributed by atoms with Crippen molar-refractivity contribution in [3.05, 3.63) is 35.7 Å². The number of benzene rings is 1. The largest absolute Gasteiger partial charge is 0.440 e. The van der Waals surface area contributed by atoms with Gasteiger partial charge in [-0.25, -0.2) is 9.78 Å². The van der Waals surface area contributed by atoms with E-state index in [1.54, 1.807) is 5.38 Å². The van der Waals surface area contributed by atoms with E-state index in [-0.39, 0.29) is 5.13 Å². The molecule has 20 heavy (non-hydrogen) atoms. The molecule has 1 aromatic carbocycles. The number of aromatic nitrogens is 1. The molecular weight excluding hydrogens is 293 g/mol. The first-order chi connectivity index (χ1) is 9.44. The zero-order valence-electron chi connectivity index (χ0n) is 9.98. The van der Waals surface area contributed by atoms with Gasteiger partial charge in [0.1, 0.15) is 0 Å². The van der Waals surface area contributed by atoms with E-state index in [2.05, 4.69) is 15.0 Å². The summed E-state index contributed by atoms with van der Waals surface area (Å²) in [6, 6.07) is 9.18. The first-order valence-corrected chi connectivity index (χ1v) is 6.33. The molecule has 0 aliphatic rings. The normalized spacial score (nSPS) is 11.2. The van der Waals surface area contributed by atoms with Crippen LogP contribution in [-0.2, 0) is 4.74 Å². The fourth-order valence-electron chi connectivity index (χ4n) is 1.34. The Morgan fingerprint density at radius 1 is 1.30 bits per heavy atom. The van der Waals surface area contributed by atoms with Gasteiger partial charge in [0.25, 0.3) is 0 Å². The summed E-state index contributed by atoms with van der Waals surface area (Å²) in [5.74, 6) is 0. The smallest absolute Gasteiger partial charge is 0.422 e. The van der Waals surface area contributed by atoms with Crippen LogP contribution in [0.15, 0.2) is 35.7 Å². The van der Waals surface area contributed by atoms with Gasteiger partial charge in [-0.1, -0.05) is 30.3 Å². The van der Waals surface area contributed by atoms with Crippen molar-refractivity contribution in [3.8, 4) is 11.3 Å². The topological polar surface area (TPSA) is 51.2 Å². The quantitative estimate of drug-likeness (QED) is 0.935. The molecule has 0 bridgehead atoms. The number of amides is 1. The molecule has 0 aliphatic carbocycles. The number of rotatable bonds is 3. The first-order valence-electron chi connectivity index (χ1n) is 5.45. The predicted molar refractivity (Wildman–Crippen MR) is 68.6 cm³/mol. The molecule has 1 heterocycles. The highest BCUT2D eigenvalue weighted by molar-refractivity contribution is 7.14. The lowest BCUT2D eigenvalue weighted by atomic mass is 10.2. The van der Waals surface area contributed by atoms with Gasteiger partial charge in [-0.05, 0) is 0 Å². The second-order valence-corrected chi connectivity index (χ2v) is 4.58. The molecule has 106 valence electrons. The van der Waals surface area contributed by atoms with Crippen LogP contribution in [0.2, 0.25) is 0 Å². The van der Waals surface area contributed by atoms with E-state index >= 15 is 0 Å². The van der Waals surface area contributed by atoms with Crippen molar-refractivity contribution in [1.82, 2.24) is 4.98 Å². The number of hydrogen-bond acceptors (Lipinski definition) is 4. The Kier molecular flexibility index (Phi) is 4.23. The Hall–Kier alpha value is -2.09. The van der Waals surface area contributed by atoms with Crippen LogP contribution in [0.3, 0.4) is 0 Å². The summed E-state index contributed by atoms with van der Waals surface area (Å²) < 4.78 is 39.6. The minimum absolute atomic E-state index is 0.177. The lowest BCUT2D eigenvalue weighted by Crippen LogP contribution is -2.23. The van der Waals surface area contributed by atoms with E-state index in [1.807, 2.05) is 30.3 Å². The minimum atomic E-state index is -4.55. The summed E-state index contributed by atoms with van der Waals surface area (Å²) in [5.41, 5.74) is 1.47. The van der Waals surface area contributed by atoms with Gasteiger partial charge in [0.2, 0.25) is 0 Å². The van der Waals surface area contributed by atoms with E-state index in [0.717, 1.165) is 16.9 Å². The molecule has 1 amide bonds. The summed E-state index contributed by atoms with van der Waals surface area (Å²) in [6.07, 6.45) is -5.73. The van der Waals surface area contributed by atoms with Crippen LogP contribution in [0.5, 0.6) is 0 Å². The van der Waals surface area contributed by atoms with E-state index < -0.39 is 18.9 Å². The molecule has 2 rings (SSSR count). The van der Waals surface area contributed by atoms with Gasteiger partial charge in [0, 0.05) is 10.9 Å². The van der Waals surface area contributed by atoms with Gasteiger partial charge in [0.15, 0.2) is 11.7 Å². The molecule has 8 heteroatoms. The maximum absolute atomic E-state index is 11.9. The minimum Gasteiger partial charge on any atom is -0.440 e. The van der Waals surface area contributed by atoms with Gasteiger partial charge in [-0.3, -0.25) is 5.32 Å². The molecule has 0 saturated carbocycles. The molecule has 2 aromatic rings. The number of nitrogens with one attached hydrogen (secondary N) is 1. The number of halogens is 3. The van der Waals surface area contributed by atoms with E-state index in [0.29, 0.717) is 5.69 Å². The summed E-state index contributed by atoms with van der Waals surface area (Å²) >= 11 is 1.10. The summed E-state index contributed by atoms with van der Waals surface area (Å²) in [7, 11) is 0. The van der Waals surface area contributed by atoms with Crippen molar-refractivity contribution >= 4 is 22.6 Å². The van der Waals surface area contributed by atoms with Crippen LogP contribution >= 0.6 is 11.3 Å². The first kappa shape index (κ1) is 14.3. The standard InChI is InChI=1S/C12H9F3N2O2S/c13-12(14,15)7-19-11(18)17-10-16-9(6-20-10)8-4-2-1-3-5-8/h1-6H,7H2,(H,16,17,18). The Balaban J connectivity index is 1.95. The molecule has 0 radical (unpaired) electrons. The molecule has 0 atom stereocenters. The van der Waals surface area contributed by atoms with Gasteiger partial charge < -0.3 is 4.74 Å². The molecule has 0 unspecified atom stereocenters. The fourth-order valence-corrected chi connectivity index (χ4v) is 2.05. The Morgan fingerprint density at radius 2 is 2.00 bits per heavy atom. The number of nitrogens with zero attached hydrogens (tertiary/aromatic N) is 1. The summed E-state index contributed by atoms with van der Waals surface area (Å²) in [5, 5.41) is 4.02. The predicted octanol–water partition coefficient (Wildman–Crippen LogP) is 3.92. The Bertz CT molecular complexity index is 584. The number of hydrogen-bond donors (Lipinski definition) is 1. The van der Waals surface area contributed by atoms with Crippen molar-refractivity contribution in [1.29, 1.82) is 0 Å². The lowest BCUT2D eigenvalue weighted by molar-refractivity contribution is -0.159. The van der Waals surface area contributed by atoms with E-state index in [1.165, 1.54) is 0 Å². The number of anilines is 1. The third-order valence-corrected chi connectivity index (χ3v) is 2.91. The lowest BCUT2D eigenvalue weighted by Gasteiger charge is -2.07. The summed E-state index contributed by atoms with van der Waals surface area (Å²) in [6.45, 7) is -1.63. The summed E-state index contributed by atoms with van der Waals surface area (Å²) in [4.78, 5) is 15.2. The number of carbonyl (C=O) groups excluding carboxylic acids is 1. The van der Waals surface area contributed by atoms with Gasteiger partial charge in [-0.2, -0.15) is 13.2 Å². The highest BCUT2D eigenvalue weighted by Gasteiger charge is 2.29. The van der Waals surface area contributed by atoms with Crippen molar-refractivity contribution in [2.45, 2.75) is 6.18 Å². The van der Waals surface area contributed by atoms with Crippen LogP contribution in [0.25, 0.3) is 11.3 Å². The third kappa shape index (κ3) is 4.23. The van der Waals surface area contributed by atoms with Crippen molar-refractivity contribution < 1.29 is 22.7 Å². The molecule has 4 nitrogen and oxygen atoms in total. The van der Waals surface area contributed by atoms with Crippen LogP contribution in [0, 0.1) is 0 Å². The van der Waals surface area contributed by atoms with Crippen LogP contribution in [0.1, 0.15) is 0 Å². The maximum atomic E-state index is 11.9. The second kappa shape index (κ2) is 5.91. The molecule has 0 fully saturated rings. The monoisotopic (exact) mass is 302 g/mol. The average Bonchev–Trinajstić information content (AvgIpc) is 2.85. The zero-order chi connectivity index (χ0) is 14.6. The van der Waals surface area contributed by atoms with E-state index in [4.69, 9.17) is 0 Å². The van der Waals surface area contributed by atoms with Crippen molar-refractivity contribution in [2.24, 2.45) is 0 Å². The molecule has 1 N–H and O–H groups in total. The molecule has 0 spiro atoms. The molecule has 1 aromatic heterocycles. The number of alkyl halides is 3. The van der Waals surface area contributed by atoms with Crippen molar-refractivity contribution in [3.63, 3.8) is 0 Å². The second-order valence-electron chi connectivity index (χ2n) is 3.72. The van der Waals surface area contributed by atoms with Crippen LogP contribution < -0.4 is 5.32 Å². The number of carbonyl (C=O) groups is 1. The maximum Gasteiger partial charge on any atom is 0.422 e. The number of ether oxygens (including phenoxy) is 1. The SMILES string of the molecule is O=C(Nc1nc(-c2ccccc2)cs1)OCC(F)(F)F. The molecule has 0 aliphatic heterocycles. The van der Waals surface area contributed by atoms with Gasteiger partial charge >= 0.3 is 12.3 Å². The Labute approximate surface area is 116 Å². The van der Waals surface area contributed by atoms with Gasteiger partial charge in [-0.15, -0.1) is 11.3 Å². The number of thiazole rings is 1. The molecular formula is C12H9F3N2O2S. The van der Waals surface area contributed by atoms with Gasteiger partial charge in [0.05, 0.1) is 5.69 Å². The molecule has 0 saturated heterocycles. The van der Waals surface area contributed by atoms with E-state index in [9.17, 15) is 18.0 Å².